The standard InChI is InChI=1S/C21H22ClN3/c1-14(16-6-9-23-10-7-16)13-25-20-5-4-17(22)12-19(20)18-8-11-24(3)15(2)21(18)25/h4-7,9-10,12-13,15H,8,11H2,1-3H3. The van der Waals surface area contributed by atoms with Crippen LogP contribution in [0.15, 0.2) is 42.7 Å². The quantitative estimate of drug-likeness (QED) is 0.628. The van der Waals surface area contributed by atoms with E-state index in [-0.39, 0.29) is 0 Å². The Morgan fingerprint density at radius 1 is 1.24 bits per heavy atom. The lowest BCUT2D eigenvalue weighted by molar-refractivity contribution is 0.242. The molecule has 0 fully saturated rings. The Hall–Kier alpha value is -2.10. The van der Waals surface area contributed by atoms with E-state index in [1.807, 2.05) is 18.5 Å². The Kier molecular flexibility index (Phi) is 4.14. The summed E-state index contributed by atoms with van der Waals surface area (Å²) in [4.78, 5) is 6.53. The van der Waals surface area contributed by atoms with Crippen LogP contribution in [0.4, 0.5) is 0 Å². The lowest BCUT2D eigenvalue weighted by atomic mass is 9.99. The van der Waals surface area contributed by atoms with Gasteiger partial charge in [-0.15, -0.1) is 0 Å². The van der Waals surface area contributed by atoms with Crippen LogP contribution in [-0.2, 0) is 6.42 Å². The third kappa shape index (κ3) is 2.78. The number of fused-ring (bicyclic) bond motifs is 3. The summed E-state index contributed by atoms with van der Waals surface area (Å²) in [6.45, 7) is 5.51. The van der Waals surface area contributed by atoms with Gasteiger partial charge < -0.3 is 4.57 Å². The van der Waals surface area contributed by atoms with Gasteiger partial charge >= 0.3 is 0 Å². The summed E-state index contributed by atoms with van der Waals surface area (Å²) in [6, 6.07) is 10.7. The van der Waals surface area contributed by atoms with Crippen LogP contribution < -0.4 is 0 Å². The molecule has 1 unspecified atom stereocenters. The van der Waals surface area contributed by atoms with Crippen LogP contribution in [0.5, 0.6) is 0 Å². The second-order valence-electron chi connectivity index (χ2n) is 6.85. The van der Waals surface area contributed by atoms with Gasteiger partial charge in [-0.3, -0.25) is 9.88 Å². The van der Waals surface area contributed by atoms with Crippen molar-refractivity contribution in [3.05, 3.63) is 64.6 Å². The first-order chi connectivity index (χ1) is 12.1. The first-order valence-corrected chi connectivity index (χ1v) is 9.05. The predicted molar refractivity (Wildman–Crippen MR) is 106 cm³/mol. The van der Waals surface area contributed by atoms with Gasteiger partial charge in [-0.05, 0) is 74.3 Å². The molecule has 0 aliphatic carbocycles. The van der Waals surface area contributed by atoms with Crippen LogP contribution in [0.1, 0.15) is 36.7 Å². The average Bonchev–Trinajstić information content (AvgIpc) is 2.92. The van der Waals surface area contributed by atoms with E-state index in [2.05, 4.69) is 65.8 Å². The summed E-state index contributed by atoms with van der Waals surface area (Å²) in [6.07, 6.45) is 6.99. The second-order valence-corrected chi connectivity index (χ2v) is 7.29. The van der Waals surface area contributed by atoms with E-state index in [0.29, 0.717) is 6.04 Å². The zero-order valence-electron chi connectivity index (χ0n) is 14.8. The number of hydrogen-bond acceptors (Lipinski definition) is 2. The van der Waals surface area contributed by atoms with Crippen molar-refractivity contribution in [1.29, 1.82) is 0 Å². The first kappa shape index (κ1) is 16.4. The zero-order chi connectivity index (χ0) is 17.6. The van der Waals surface area contributed by atoms with Gasteiger partial charge in [-0.25, -0.2) is 0 Å². The first-order valence-electron chi connectivity index (χ1n) is 8.67. The molecule has 2 aromatic heterocycles. The van der Waals surface area contributed by atoms with Crippen molar-refractivity contribution in [2.45, 2.75) is 26.3 Å². The van der Waals surface area contributed by atoms with Crippen molar-refractivity contribution in [3.8, 4) is 0 Å². The molecule has 3 aromatic rings. The smallest absolute Gasteiger partial charge is 0.0530 e. The predicted octanol–water partition coefficient (Wildman–Crippen LogP) is 5.26. The van der Waals surface area contributed by atoms with Gasteiger partial charge in [0, 0.05) is 47.3 Å². The molecule has 3 heterocycles. The van der Waals surface area contributed by atoms with E-state index in [4.69, 9.17) is 11.6 Å². The molecule has 0 saturated carbocycles. The number of allylic oxidation sites excluding steroid dienone is 1. The highest BCUT2D eigenvalue weighted by Crippen LogP contribution is 2.38. The maximum Gasteiger partial charge on any atom is 0.0530 e. The molecule has 1 aliphatic rings. The normalized spacial score (nSPS) is 18.6. The summed E-state index contributed by atoms with van der Waals surface area (Å²) in [5.74, 6) is 0. The van der Waals surface area contributed by atoms with Crippen molar-refractivity contribution < 1.29 is 0 Å². The lowest BCUT2D eigenvalue weighted by Crippen LogP contribution is -2.31. The van der Waals surface area contributed by atoms with Crippen molar-refractivity contribution in [1.82, 2.24) is 14.5 Å². The third-order valence-electron chi connectivity index (χ3n) is 5.34. The fourth-order valence-electron chi connectivity index (χ4n) is 3.80. The van der Waals surface area contributed by atoms with Gasteiger partial charge in [0.2, 0.25) is 0 Å². The molecule has 4 heteroatoms. The van der Waals surface area contributed by atoms with Gasteiger partial charge in [0.25, 0.3) is 0 Å². The van der Waals surface area contributed by atoms with E-state index in [0.717, 1.165) is 18.0 Å². The summed E-state index contributed by atoms with van der Waals surface area (Å²) in [5.41, 5.74) is 6.44. The number of likely N-dealkylation sites (N-methyl/N-ethyl adjacent to an activating group) is 1. The van der Waals surface area contributed by atoms with E-state index in [9.17, 15) is 0 Å². The topological polar surface area (TPSA) is 21.1 Å². The summed E-state index contributed by atoms with van der Waals surface area (Å²) in [7, 11) is 2.20. The van der Waals surface area contributed by atoms with Gasteiger partial charge in [0.05, 0.1) is 5.52 Å². The largest absolute Gasteiger partial charge is 0.318 e. The maximum atomic E-state index is 6.30. The van der Waals surface area contributed by atoms with E-state index in [1.165, 1.54) is 33.3 Å². The Bertz CT molecular complexity index is 956. The number of pyridine rings is 1. The number of hydrogen-bond donors (Lipinski definition) is 0. The number of nitrogens with zero attached hydrogens (tertiary/aromatic N) is 3. The Morgan fingerprint density at radius 3 is 2.76 bits per heavy atom. The van der Waals surface area contributed by atoms with Crippen LogP contribution in [0.25, 0.3) is 22.7 Å². The van der Waals surface area contributed by atoms with E-state index >= 15 is 0 Å². The highest BCUT2D eigenvalue weighted by molar-refractivity contribution is 6.31. The molecular formula is C21H22ClN3. The number of benzene rings is 1. The molecule has 0 saturated heterocycles. The Morgan fingerprint density at radius 2 is 2.00 bits per heavy atom. The molecule has 3 nitrogen and oxygen atoms in total. The minimum atomic E-state index is 0.372. The van der Waals surface area contributed by atoms with Gasteiger partial charge in [-0.2, -0.15) is 0 Å². The van der Waals surface area contributed by atoms with Crippen molar-refractivity contribution in [3.63, 3.8) is 0 Å². The summed E-state index contributed by atoms with van der Waals surface area (Å²) < 4.78 is 2.36. The molecule has 25 heavy (non-hydrogen) atoms. The monoisotopic (exact) mass is 351 g/mol. The van der Waals surface area contributed by atoms with Crippen molar-refractivity contribution in [2.24, 2.45) is 0 Å². The fraction of sp³-hybridized carbons (Fsp3) is 0.286. The molecule has 0 radical (unpaired) electrons. The summed E-state index contributed by atoms with van der Waals surface area (Å²) in [5, 5.41) is 2.08. The molecule has 0 N–H and O–H groups in total. The minimum absolute atomic E-state index is 0.372. The molecule has 0 spiro atoms. The number of aromatic nitrogens is 2. The summed E-state index contributed by atoms with van der Waals surface area (Å²) >= 11 is 6.30. The molecule has 128 valence electrons. The van der Waals surface area contributed by atoms with Crippen LogP contribution in [0.3, 0.4) is 0 Å². The van der Waals surface area contributed by atoms with Crippen LogP contribution in [-0.4, -0.2) is 28.0 Å². The SMILES string of the molecule is CC(=Cn1c2c(c3cc(Cl)ccc31)CCN(C)C2C)c1ccncc1. The minimum Gasteiger partial charge on any atom is -0.318 e. The zero-order valence-corrected chi connectivity index (χ0v) is 15.6. The van der Waals surface area contributed by atoms with Crippen molar-refractivity contribution >= 4 is 34.3 Å². The van der Waals surface area contributed by atoms with Gasteiger partial charge in [0.1, 0.15) is 0 Å². The van der Waals surface area contributed by atoms with Crippen molar-refractivity contribution in [2.75, 3.05) is 13.6 Å². The molecular weight excluding hydrogens is 330 g/mol. The molecule has 0 amide bonds. The average molecular weight is 352 g/mol. The second kappa shape index (κ2) is 6.32. The third-order valence-corrected chi connectivity index (χ3v) is 5.58. The van der Waals surface area contributed by atoms with Crippen LogP contribution >= 0.6 is 11.6 Å². The van der Waals surface area contributed by atoms with E-state index < -0.39 is 0 Å². The van der Waals surface area contributed by atoms with Crippen LogP contribution in [0, 0.1) is 0 Å². The fourth-order valence-corrected chi connectivity index (χ4v) is 3.97. The van der Waals surface area contributed by atoms with Gasteiger partial charge in [0.15, 0.2) is 0 Å². The van der Waals surface area contributed by atoms with Crippen LogP contribution in [0.2, 0.25) is 5.02 Å². The molecule has 1 atom stereocenters. The Balaban J connectivity index is 1.97. The van der Waals surface area contributed by atoms with E-state index in [1.54, 1.807) is 0 Å². The highest BCUT2D eigenvalue weighted by Gasteiger charge is 2.27. The molecule has 1 aliphatic heterocycles. The highest BCUT2D eigenvalue weighted by atomic mass is 35.5. The number of halogens is 1. The molecule has 4 rings (SSSR count). The maximum absolute atomic E-state index is 6.30. The molecule has 0 bridgehead atoms. The Labute approximate surface area is 153 Å². The van der Waals surface area contributed by atoms with Gasteiger partial charge in [-0.1, -0.05) is 11.6 Å². The molecule has 1 aromatic carbocycles. The lowest BCUT2D eigenvalue weighted by Gasteiger charge is -2.31. The number of rotatable bonds is 2.